The average Bonchev–Trinajstić information content (AvgIpc) is 3.19. The van der Waals surface area contributed by atoms with Gasteiger partial charge >= 0.3 is 11.9 Å². The maximum atomic E-state index is 13.6. The van der Waals surface area contributed by atoms with E-state index in [-0.39, 0.29) is 36.4 Å². The van der Waals surface area contributed by atoms with Crippen LogP contribution < -0.4 is 10.9 Å². The highest BCUT2D eigenvalue weighted by Gasteiger charge is 2.50. The van der Waals surface area contributed by atoms with E-state index < -0.39 is 28.0 Å². The lowest BCUT2D eigenvalue weighted by Gasteiger charge is -2.35. The van der Waals surface area contributed by atoms with E-state index in [9.17, 15) is 24.5 Å². The lowest BCUT2D eigenvalue weighted by molar-refractivity contribution is -0.383. The number of non-ortho nitro benzene ring substituents is 1. The van der Waals surface area contributed by atoms with Gasteiger partial charge in [-0.2, -0.15) is 0 Å². The van der Waals surface area contributed by atoms with Crippen LogP contribution in [0.1, 0.15) is 43.9 Å². The van der Waals surface area contributed by atoms with Crippen LogP contribution in [0.2, 0.25) is 0 Å². The highest BCUT2D eigenvalue weighted by atomic mass is 16.6. The van der Waals surface area contributed by atoms with E-state index in [2.05, 4.69) is 5.32 Å². The van der Waals surface area contributed by atoms with Crippen molar-refractivity contribution in [1.82, 2.24) is 9.55 Å². The number of anilines is 1. The molecule has 3 aromatic rings. The molecule has 2 aliphatic heterocycles. The van der Waals surface area contributed by atoms with Gasteiger partial charge in [0.2, 0.25) is 5.60 Å². The first-order valence-corrected chi connectivity index (χ1v) is 11.2. The van der Waals surface area contributed by atoms with Gasteiger partial charge in [-0.05, 0) is 25.5 Å². The Hall–Kier alpha value is -4.28. The first-order valence-electron chi connectivity index (χ1n) is 11.2. The largest absolute Gasteiger partial charge is 0.457 e. The van der Waals surface area contributed by atoms with Crippen molar-refractivity contribution in [1.29, 1.82) is 0 Å². The van der Waals surface area contributed by atoms with Crippen molar-refractivity contribution < 1.29 is 24.0 Å². The Balaban J connectivity index is 1.83. The Morgan fingerprint density at radius 3 is 2.74 bits per heavy atom. The number of nitrogens with zero attached hydrogens (tertiary/aromatic N) is 3. The summed E-state index contributed by atoms with van der Waals surface area (Å²) in [5.41, 5.74) is 0.766. The molecule has 0 spiro atoms. The maximum Gasteiger partial charge on any atom is 0.355 e. The quantitative estimate of drug-likeness (QED) is 0.260. The number of nitro benzene ring substituents is 1. The fraction of sp³-hybridized carbons (Fsp3) is 0.333. The lowest BCUT2D eigenvalue weighted by atomic mass is 9.85. The second-order valence-corrected chi connectivity index (χ2v) is 8.44. The second kappa shape index (κ2) is 7.90. The van der Waals surface area contributed by atoms with Crippen LogP contribution in [0.25, 0.3) is 22.3 Å². The molecule has 5 rings (SSSR count). The van der Waals surface area contributed by atoms with Gasteiger partial charge in [-0.3, -0.25) is 19.7 Å². The van der Waals surface area contributed by atoms with Gasteiger partial charge in [-0.1, -0.05) is 13.0 Å². The number of esters is 2. The first kappa shape index (κ1) is 22.5. The molecule has 0 amide bonds. The summed E-state index contributed by atoms with van der Waals surface area (Å²) in [5, 5.41) is 15.3. The summed E-state index contributed by atoms with van der Waals surface area (Å²) >= 11 is 0. The van der Waals surface area contributed by atoms with Crippen molar-refractivity contribution in [3.63, 3.8) is 0 Å². The third-order valence-corrected chi connectivity index (χ3v) is 6.53. The maximum absolute atomic E-state index is 13.6. The number of hydrogen-bond acceptors (Lipinski definition) is 9. The fourth-order valence-electron chi connectivity index (χ4n) is 5.04. The average molecular weight is 478 g/mol. The smallest absolute Gasteiger partial charge is 0.355 e. The number of fused-ring (bicyclic) bond motifs is 5. The summed E-state index contributed by atoms with van der Waals surface area (Å²) < 4.78 is 12.2. The predicted octanol–water partition coefficient (Wildman–Crippen LogP) is 2.99. The zero-order valence-electron chi connectivity index (χ0n) is 19.3. The number of cyclic esters (lactones) is 1. The minimum Gasteiger partial charge on any atom is -0.457 e. The molecule has 0 bridgehead atoms. The number of carbonyl (C=O) groups excluding carboxylic acids is 2. The Bertz CT molecular complexity index is 1510. The topological polar surface area (TPSA) is 143 Å². The number of aromatic nitrogens is 2. The first-order chi connectivity index (χ1) is 16.7. The van der Waals surface area contributed by atoms with E-state index in [1.807, 2.05) is 6.92 Å². The van der Waals surface area contributed by atoms with Crippen LogP contribution in [0.4, 0.5) is 11.4 Å². The molecule has 1 N–H and O–H groups in total. The molecule has 0 aliphatic carbocycles. The molecule has 0 radical (unpaired) electrons. The van der Waals surface area contributed by atoms with Gasteiger partial charge in [0.15, 0.2) is 0 Å². The molecule has 0 saturated carbocycles. The minimum atomic E-state index is -1.74. The Morgan fingerprint density at radius 1 is 1.31 bits per heavy atom. The van der Waals surface area contributed by atoms with Crippen molar-refractivity contribution >= 4 is 34.2 Å². The molecular formula is C24H22N4O7. The summed E-state index contributed by atoms with van der Waals surface area (Å²) in [5.74, 6) is -1.41. The third kappa shape index (κ3) is 3.11. The molecule has 1 atom stereocenters. The van der Waals surface area contributed by atoms with E-state index in [0.29, 0.717) is 40.1 Å². The van der Waals surface area contributed by atoms with Crippen LogP contribution in [0.3, 0.4) is 0 Å². The van der Waals surface area contributed by atoms with Crippen LogP contribution in [-0.2, 0) is 37.8 Å². The second-order valence-electron chi connectivity index (χ2n) is 8.44. The summed E-state index contributed by atoms with van der Waals surface area (Å²) in [6.07, 6.45) is 0.0775. The van der Waals surface area contributed by atoms with Crippen LogP contribution >= 0.6 is 0 Å². The number of ether oxygens (including phenoxy) is 2. The Labute approximate surface area is 198 Å². The molecule has 11 heteroatoms. The summed E-state index contributed by atoms with van der Waals surface area (Å²) in [7, 11) is 0. The van der Waals surface area contributed by atoms with Gasteiger partial charge in [0.1, 0.15) is 12.0 Å². The zero-order chi connectivity index (χ0) is 25.1. The highest BCUT2D eigenvalue weighted by Crippen LogP contribution is 2.44. The Kier molecular flexibility index (Phi) is 5.08. The predicted molar refractivity (Wildman–Crippen MR) is 125 cm³/mol. The van der Waals surface area contributed by atoms with Gasteiger partial charge in [-0.25, -0.2) is 9.78 Å². The zero-order valence-corrected chi connectivity index (χ0v) is 19.3. The minimum absolute atomic E-state index is 0.0775. The van der Waals surface area contributed by atoms with Gasteiger partial charge in [0, 0.05) is 30.7 Å². The number of nitro groups is 1. The monoisotopic (exact) mass is 478 g/mol. The van der Waals surface area contributed by atoms with E-state index in [0.717, 1.165) is 0 Å². The highest BCUT2D eigenvalue weighted by molar-refractivity contribution is 6.03. The SMILES string of the molecule is CCNc1c2c(nc3cccc([N+](=O)[O-])c13)-c1cc3c(c(=O)n1C2)COC(=O)[C@@]3(CC)OC(C)=O. The van der Waals surface area contributed by atoms with Crippen molar-refractivity contribution in [3.05, 3.63) is 61.4 Å². The molecule has 2 aliphatic rings. The summed E-state index contributed by atoms with van der Waals surface area (Å²) in [4.78, 5) is 54.3. The summed E-state index contributed by atoms with van der Waals surface area (Å²) in [6, 6.07) is 6.31. The van der Waals surface area contributed by atoms with E-state index in [4.69, 9.17) is 14.5 Å². The van der Waals surface area contributed by atoms with Crippen molar-refractivity contribution in [2.24, 2.45) is 0 Å². The van der Waals surface area contributed by atoms with Crippen LogP contribution in [0.5, 0.6) is 0 Å². The van der Waals surface area contributed by atoms with Crippen LogP contribution in [-0.4, -0.2) is 33.0 Å². The molecule has 4 heterocycles. The van der Waals surface area contributed by atoms with E-state index >= 15 is 0 Å². The lowest BCUT2D eigenvalue weighted by Crippen LogP contribution is -2.47. The molecular weight excluding hydrogens is 456 g/mol. The summed E-state index contributed by atoms with van der Waals surface area (Å²) in [6.45, 7) is 5.12. The number of hydrogen-bond donors (Lipinski definition) is 1. The van der Waals surface area contributed by atoms with Crippen LogP contribution in [0.15, 0.2) is 29.1 Å². The van der Waals surface area contributed by atoms with Gasteiger partial charge in [0.05, 0.1) is 39.6 Å². The number of rotatable bonds is 5. The van der Waals surface area contributed by atoms with E-state index in [1.165, 1.54) is 17.6 Å². The molecule has 0 unspecified atom stereocenters. The number of nitrogens with one attached hydrogen (secondary N) is 1. The molecule has 0 fully saturated rings. The van der Waals surface area contributed by atoms with Gasteiger partial charge in [0.25, 0.3) is 11.2 Å². The number of pyridine rings is 2. The normalized spacial score (nSPS) is 17.9. The molecule has 11 nitrogen and oxygen atoms in total. The van der Waals surface area contributed by atoms with E-state index in [1.54, 1.807) is 25.1 Å². The Morgan fingerprint density at radius 2 is 2.09 bits per heavy atom. The molecule has 2 aromatic heterocycles. The third-order valence-electron chi connectivity index (χ3n) is 6.53. The van der Waals surface area contributed by atoms with Crippen LogP contribution in [0, 0.1) is 10.1 Å². The molecule has 35 heavy (non-hydrogen) atoms. The van der Waals surface area contributed by atoms with Gasteiger partial charge in [-0.15, -0.1) is 0 Å². The van der Waals surface area contributed by atoms with Gasteiger partial charge < -0.3 is 19.4 Å². The fourth-order valence-corrected chi connectivity index (χ4v) is 5.04. The van der Waals surface area contributed by atoms with Crippen molar-refractivity contribution in [2.75, 3.05) is 11.9 Å². The molecule has 180 valence electrons. The molecule has 1 aromatic carbocycles. The van der Waals surface area contributed by atoms with Crippen molar-refractivity contribution in [2.45, 2.75) is 45.9 Å². The number of carbonyl (C=O) groups is 2. The standard InChI is InChI=1S/C24H22N4O7/c1-4-24(35-12(3)29)15-9-18-20-13(10-27(18)22(30)14(15)11-34-23(24)31)21(25-5-2)19-16(26-20)7-6-8-17(19)28(32)33/h6-9H,4-5,10-11H2,1-3H3,(H,25,26)/t24-/m0/s1. The van der Waals surface area contributed by atoms with Crippen molar-refractivity contribution in [3.8, 4) is 11.4 Å². The number of benzene rings is 1. The molecule has 0 saturated heterocycles.